The minimum absolute atomic E-state index is 0.176. The molecular weight excluding hydrogens is 262 g/mol. The molecule has 2 aromatic rings. The Morgan fingerprint density at radius 3 is 2.95 bits per heavy atom. The highest BCUT2D eigenvalue weighted by atomic mass is 16.2. The van der Waals surface area contributed by atoms with Crippen LogP contribution in [0.25, 0.3) is 0 Å². The van der Waals surface area contributed by atoms with Crippen LogP contribution in [0, 0.1) is 0 Å². The Hall–Kier alpha value is -2.36. The second-order valence-corrected chi connectivity index (χ2v) is 5.37. The van der Waals surface area contributed by atoms with Crippen molar-refractivity contribution in [2.75, 3.05) is 12.3 Å². The molecule has 1 aliphatic heterocycles. The first-order chi connectivity index (χ1) is 10.2. The Bertz CT molecular complexity index is 640. The number of hydrogen-bond donors (Lipinski definition) is 1. The Morgan fingerprint density at radius 2 is 2.14 bits per heavy atom. The van der Waals surface area contributed by atoms with Crippen molar-refractivity contribution in [2.24, 2.45) is 0 Å². The molecule has 2 heterocycles. The van der Waals surface area contributed by atoms with Gasteiger partial charge in [-0.2, -0.15) is 0 Å². The molecule has 0 saturated carbocycles. The maximum Gasteiger partial charge on any atom is 0.223 e. The number of aryl methyl sites for hydroxylation is 1. The van der Waals surface area contributed by atoms with E-state index in [9.17, 15) is 4.79 Å². The van der Waals surface area contributed by atoms with Crippen LogP contribution in [-0.2, 0) is 24.2 Å². The van der Waals surface area contributed by atoms with Crippen LogP contribution in [0.1, 0.15) is 23.2 Å². The molecule has 0 atom stereocenters. The summed E-state index contributed by atoms with van der Waals surface area (Å²) in [4.78, 5) is 18.5. The standard InChI is InChI=1S/C17H19N3O/c18-16-6-3-4-13-9-11-20(12-15(13)16)17(21)8-7-14-5-1-2-10-19-14/h1-6,10H,7-9,11-12,18H2. The van der Waals surface area contributed by atoms with Gasteiger partial charge in [0, 0.05) is 37.1 Å². The molecule has 0 unspecified atom stereocenters. The van der Waals surface area contributed by atoms with Gasteiger partial charge in [-0.3, -0.25) is 9.78 Å². The van der Waals surface area contributed by atoms with Crippen LogP contribution >= 0.6 is 0 Å². The highest BCUT2D eigenvalue weighted by Gasteiger charge is 2.21. The highest BCUT2D eigenvalue weighted by molar-refractivity contribution is 5.77. The average molecular weight is 281 g/mol. The van der Waals surface area contributed by atoms with Gasteiger partial charge in [0.15, 0.2) is 0 Å². The number of anilines is 1. The van der Waals surface area contributed by atoms with Crippen molar-refractivity contribution in [3.8, 4) is 0 Å². The second-order valence-electron chi connectivity index (χ2n) is 5.37. The predicted octanol–water partition coefficient (Wildman–Crippen LogP) is 2.18. The highest BCUT2D eigenvalue weighted by Crippen LogP contribution is 2.24. The van der Waals surface area contributed by atoms with Crippen LogP contribution in [0.15, 0.2) is 42.6 Å². The van der Waals surface area contributed by atoms with Crippen LogP contribution in [0.5, 0.6) is 0 Å². The number of amides is 1. The van der Waals surface area contributed by atoms with E-state index in [1.807, 2.05) is 35.2 Å². The van der Waals surface area contributed by atoms with Crippen molar-refractivity contribution < 1.29 is 4.79 Å². The molecule has 0 saturated heterocycles. The van der Waals surface area contributed by atoms with Gasteiger partial charge in [-0.05, 0) is 42.2 Å². The number of nitrogen functional groups attached to an aromatic ring is 1. The average Bonchev–Trinajstić information content (AvgIpc) is 2.54. The van der Waals surface area contributed by atoms with Gasteiger partial charge >= 0.3 is 0 Å². The molecule has 2 N–H and O–H groups in total. The maximum absolute atomic E-state index is 12.3. The number of fused-ring (bicyclic) bond motifs is 1. The van der Waals surface area contributed by atoms with Gasteiger partial charge in [0.2, 0.25) is 5.91 Å². The number of aromatic nitrogens is 1. The summed E-state index contributed by atoms with van der Waals surface area (Å²) in [5.41, 5.74) is 10.1. The van der Waals surface area contributed by atoms with E-state index >= 15 is 0 Å². The summed E-state index contributed by atoms with van der Waals surface area (Å²) in [6, 6.07) is 11.8. The fourth-order valence-electron chi connectivity index (χ4n) is 2.76. The van der Waals surface area contributed by atoms with E-state index in [2.05, 4.69) is 11.1 Å². The van der Waals surface area contributed by atoms with Crippen molar-refractivity contribution in [3.63, 3.8) is 0 Å². The van der Waals surface area contributed by atoms with Gasteiger partial charge in [0.05, 0.1) is 0 Å². The molecule has 3 rings (SSSR count). The summed E-state index contributed by atoms with van der Waals surface area (Å²) in [5.74, 6) is 0.176. The first-order valence-electron chi connectivity index (χ1n) is 7.28. The van der Waals surface area contributed by atoms with Crippen LogP contribution < -0.4 is 5.73 Å². The molecule has 21 heavy (non-hydrogen) atoms. The lowest BCUT2D eigenvalue weighted by Gasteiger charge is -2.29. The molecular formula is C17H19N3O. The summed E-state index contributed by atoms with van der Waals surface area (Å²) in [6.45, 7) is 1.40. The topological polar surface area (TPSA) is 59.2 Å². The van der Waals surface area contributed by atoms with Gasteiger partial charge in [0.25, 0.3) is 0 Å². The van der Waals surface area contributed by atoms with E-state index in [4.69, 9.17) is 5.73 Å². The normalized spacial score (nSPS) is 13.8. The van der Waals surface area contributed by atoms with E-state index in [-0.39, 0.29) is 5.91 Å². The Labute approximate surface area is 124 Å². The lowest BCUT2D eigenvalue weighted by Crippen LogP contribution is -2.36. The quantitative estimate of drug-likeness (QED) is 0.877. The van der Waals surface area contributed by atoms with Crippen molar-refractivity contribution in [2.45, 2.75) is 25.8 Å². The molecule has 0 fully saturated rings. The number of hydrogen-bond acceptors (Lipinski definition) is 3. The fourth-order valence-corrected chi connectivity index (χ4v) is 2.76. The van der Waals surface area contributed by atoms with Crippen molar-refractivity contribution >= 4 is 11.6 Å². The van der Waals surface area contributed by atoms with Crippen molar-refractivity contribution in [1.82, 2.24) is 9.88 Å². The first-order valence-corrected chi connectivity index (χ1v) is 7.28. The van der Waals surface area contributed by atoms with E-state index in [1.165, 1.54) is 5.56 Å². The van der Waals surface area contributed by atoms with Gasteiger partial charge in [-0.15, -0.1) is 0 Å². The first kappa shape index (κ1) is 13.6. The summed E-state index contributed by atoms with van der Waals surface area (Å²) >= 11 is 0. The zero-order valence-electron chi connectivity index (χ0n) is 12.0. The fraction of sp³-hybridized carbons (Fsp3) is 0.294. The summed E-state index contributed by atoms with van der Waals surface area (Å²) in [6.07, 6.45) is 3.83. The molecule has 4 heteroatoms. The molecule has 0 spiro atoms. The summed E-state index contributed by atoms with van der Waals surface area (Å²) < 4.78 is 0. The van der Waals surface area contributed by atoms with Crippen LogP contribution in [-0.4, -0.2) is 22.3 Å². The minimum atomic E-state index is 0.176. The monoisotopic (exact) mass is 281 g/mol. The summed E-state index contributed by atoms with van der Waals surface area (Å²) in [7, 11) is 0. The van der Waals surface area contributed by atoms with Crippen LogP contribution in [0.4, 0.5) is 5.69 Å². The Morgan fingerprint density at radius 1 is 1.24 bits per heavy atom. The molecule has 0 bridgehead atoms. The third-order valence-corrected chi connectivity index (χ3v) is 3.98. The smallest absolute Gasteiger partial charge is 0.223 e. The Balaban J connectivity index is 1.63. The van der Waals surface area contributed by atoms with E-state index in [0.717, 1.165) is 29.9 Å². The van der Waals surface area contributed by atoms with E-state index in [0.29, 0.717) is 19.4 Å². The minimum Gasteiger partial charge on any atom is -0.398 e. The molecule has 1 aromatic carbocycles. The molecule has 1 aliphatic rings. The van der Waals surface area contributed by atoms with E-state index in [1.54, 1.807) is 6.20 Å². The molecule has 4 nitrogen and oxygen atoms in total. The van der Waals surface area contributed by atoms with Crippen molar-refractivity contribution in [1.29, 1.82) is 0 Å². The van der Waals surface area contributed by atoms with Gasteiger partial charge in [-0.25, -0.2) is 0 Å². The van der Waals surface area contributed by atoms with E-state index < -0.39 is 0 Å². The number of nitrogens with two attached hydrogens (primary N) is 1. The second kappa shape index (κ2) is 5.95. The number of pyridine rings is 1. The lowest BCUT2D eigenvalue weighted by atomic mass is 9.98. The van der Waals surface area contributed by atoms with Crippen molar-refractivity contribution in [3.05, 3.63) is 59.4 Å². The molecule has 108 valence electrons. The number of nitrogens with zero attached hydrogens (tertiary/aromatic N) is 2. The zero-order chi connectivity index (χ0) is 14.7. The number of benzene rings is 1. The zero-order valence-corrected chi connectivity index (χ0v) is 12.0. The largest absolute Gasteiger partial charge is 0.398 e. The summed E-state index contributed by atoms with van der Waals surface area (Å²) in [5, 5.41) is 0. The molecule has 1 aromatic heterocycles. The van der Waals surface area contributed by atoms with Crippen LogP contribution in [0.2, 0.25) is 0 Å². The maximum atomic E-state index is 12.3. The third kappa shape index (κ3) is 3.05. The molecule has 0 aliphatic carbocycles. The number of carbonyl (C=O) groups is 1. The molecule has 0 radical (unpaired) electrons. The van der Waals surface area contributed by atoms with Gasteiger partial charge in [-0.1, -0.05) is 18.2 Å². The third-order valence-electron chi connectivity index (χ3n) is 3.98. The Kier molecular flexibility index (Phi) is 3.86. The SMILES string of the molecule is Nc1cccc2c1CN(C(=O)CCc1ccccn1)CC2. The number of rotatable bonds is 3. The lowest BCUT2D eigenvalue weighted by molar-refractivity contribution is -0.132. The van der Waals surface area contributed by atoms with Crippen LogP contribution in [0.3, 0.4) is 0 Å². The molecule has 1 amide bonds. The number of carbonyl (C=O) groups excluding carboxylic acids is 1. The van der Waals surface area contributed by atoms with Gasteiger partial charge in [0.1, 0.15) is 0 Å². The predicted molar refractivity (Wildman–Crippen MR) is 82.5 cm³/mol. The van der Waals surface area contributed by atoms with Gasteiger partial charge < -0.3 is 10.6 Å².